The van der Waals surface area contributed by atoms with Crippen LogP contribution in [-0.4, -0.2) is 14.7 Å². The summed E-state index contributed by atoms with van der Waals surface area (Å²) in [7, 11) is 0. The van der Waals surface area contributed by atoms with E-state index in [2.05, 4.69) is 4.98 Å². The van der Waals surface area contributed by atoms with Crippen LogP contribution in [0.15, 0.2) is 41.3 Å². The van der Waals surface area contributed by atoms with Gasteiger partial charge in [0.1, 0.15) is 11.6 Å². The van der Waals surface area contributed by atoms with Crippen molar-refractivity contribution in [1.82, 2.24) is 9.55 Å². The third kappa shape index (κ3) is 2.25. The van der Waals surface area contributed by atoms with E-state index >= 15 is 0 Å². The molecule has 0 bridgehead atoms. The molecular formula is C17H15N3O2. The van der Waals surface area contributed by atoms with Crippen molar-refractivity contribution in [2.24, 2.45) is 0 Å². The van der Waals surface area contributed by atoms with Gasteiger partial charge < -0.3 is 10.1 Å². The number of aromatic nitrogens is 2. The molecule has 0 atom stereocenters. The molecule has 5 nitrogen and oxygen atoms in total. The molecule has 22 heavy (non-hydrogen) atoms. The molecule has 0 aliphatic carbocycles. The molecule has 1 aromatic carbocycles. The summed E-state index contributed by atoms with van der Waals surface area (Å²) in [6.07, 6.45) is 2.50. The van der Waals surface area contributed by atoms with Gasteiger partial charge in [-0.3, -0.25) is 9.36 Å². The minimum absolute atomic E-state index is 0.151. The number of H-pyrrole nitrogens is 1. The number of aryl methyl sites for hydroxylation is 2. The first-order valence-electron chi connectivity index (χ1n) is 7.00. The average Bonchev–Trinajstić information content (AvgIpc) is 2.90. The predicted molar refractivity (Wildman–Crippen MR) is 83.8 cm³/mol. The van der Waals surface area contributed by atoms with Crippen LogP contribution in [0.3, 0.4) is 0 Å². The Morgan fingerprint density at radius 2 is 2.14 bits per heavy atom. The molecule has 2 N–H and O–H groups in total. The van der Waals surface area contributed by atoms with Crippen molar-refractivity contribution in [1.29, 1.82) is 5.26 Å². The van der Waals surface area contributed by atoms with Crippen molar-refractivity contribution in [2.75, 3.05) is 0 Å². The van der Waals surface area contributed by atoms with E-state index in [1.165, 1.54) is 10.6 Å². The molecule has 0 radical (unpaired) electrons. The lowest BCUT2D eigenvalue weighted by Crippen LogP contribution is -2.21. The Labute approximate surface area is 127 Å². The Morgan fingerprint density at radius 1 is 1.36 bits per heavy atom. The van der Waals surface area contributed by atoms with Crippen molar-refractivity contribution in [3.63, 3.8) is 0 Å². The Kier molecular flexibility index (Phi) is 3.43. The first-order chi connectivity index (χ1) is 10.6. The van der Waals surface area contributed by atoms with Gasteiger partial charge in [-0.2, -0.15) is 5.26 Å². The highest BCUT2D eigenvalue weighted by Crippen LogP contribution is 2.21. The van der Waals surface area contributed by atoms with Crippen LogP contribution in [0.2, 0.25) is 0 Å². The summed E-state index contributed by atoms with van der Waals surface area (Å²) in [6.45, 7) is 1.96. The molecule has 0 aliphatic heterocycles. The fourth-order valence-electron chi connectivity index (χ4n) is 2.68. The van der Waals surface area contributed by atoms with Crippen LogP contribution in [0, 0.1) is 18.3 Å². The van der Waals surface area contributed by atoms with Gasteiger partial charge in [0.2, 0.25) is 5.88 Å². The quantitative estimate of drug-likeness (QED) is 0.778. The van der Waals surface area contributed by atoms with E-state index < -0.39 is 0 Å². The second kappa shape index (κ2) is 5.41. The fourth-order valence-corrected chi connectivity index (χ4v) is 2.68. The van der Waals surface area contributed by atoms with Crippen LogP contribution >= 0.6 is 0 Å². The van der Waals surface area contributed by atoms with Gasteiger partial charge in [0, 0.05) is 29.7 Å². The highest BCUT2D eigenvalue weighted by atomic mass is 16.3. The highest BCUT2D eigenvalue weighted by Gasteiger charge is 2.13. The molecule has 0 spiro atoms. The van der Waals surface area contributed by atoms with E-state index in [1.54, 1.807) is 6.92 Å². The third-order valence-electron chi connectivity index (χ3n) is 3.87. The van der Waals surface area contributed by atoms with E-state index in [9.17, 15) is 9.90 Å². The predicted octanol–water partition coefficient (Wildman–Crippen LogP) is 2.46. The number of hydrogen-bond acceptors (Lipinski definition) is 3. The monoisotopic (exact) mass is 293 g/mol. The SMILES string of the molecule is Cc1cc(=O)n(CCc2c[nH]c3ccccc23)c(O)c1C#N. The number of rotatable bonds is 3. The van der Waals surface area contributed by atoms with Crippen LogP contribution in [-0.2, 0) is 13.0 Å². The first kappa shape index (κ1) is 14.0. The summed E-state index contributed by atoms with van der Waals surface area (Å²) in [5.41, 5.74) is 2.46. The number of benzene rings is 1. The van der Waals surface area contributed by atoms with E-state index in [4.69, 9.17) is 5.26 Å². The molecule has 3 aromatic rings. The van der Waals surface area contributed by atoms with Gasteiger partial charge in [-0.25, -0.2) is 0 Å². The zero-order chi connectivity index (χ0) is 15.7. The van der Waals surface area contributed by atoms with Crippen LogP contribution < -0.4 is 5.56 Å². The summed E-state index contributed by atoms with van der Waals surface area (Å²) in [4.78, 5) is 15.2. The van der Waals surface area contributed by atoms with Gasteiger partial charge in [-0.1, -0.05) is 18.2 Å². The van der Waals surface area contributed by atoms with Gasteiger partial charge in [-0.15, -0.1) is 0 Å². The molecule has 0 saturated carbocycles. The number of hydrogen-bond donors (Lipinski definition) is 2. The van der Waals surface area contributed by atoms with E-state index in [-0.39, 0.29) is 17.0 Å². The summed E-state index contributed by atoms with van der Waals surface area (Å²) in [5.74, 6) is -0.257. The lowest BCUT2D eigenvalue weighted by atomic mass is 10.1. The molecular weight excluding hydrogens is 278 g/mol. The minimum atomic E-state index is -0.297. The first-order valence-corrected chi connectivity index (χ1v) is 7.00. The maximum Gasteiger partial charge on any atom is 0.253 e. The summed E-state index contributed by atoms with van der Waals surface area (Å²) >= 11 is 0. The third-order valence-corrected chi connectivity index (χ3v) is 3.87. The van der Waals surface area contributed by atoms with Crippen LogP contribution in [0.5, 0.6) is 5.88 Å². The van der Waals surface area contributed by atoms with Crippen molar-refractivity contribution >= 4 is 10.9 Å². The van der Waals surface area contributed by atoms with Gasteiger partial charge >= 0.3 is 0 Å². The Hall–Kier alpha value is -3.00. The molecule has 110 valence electrons. The molecule has 0 unspecified atom stereocenters. The average molecular weight is 293 g/mol. The van der Waals surface area contributed by atoms with E-state index in [0.29, 0.717) is 18.5 Å². The zero-order valence-electron chi connectivity index (χ0n) is 12.1. The van der Waals surface area contributed by atoms with Crippen molar-refractivity contribution in [2.45, 2.75) is 19.9 Å². The molecule has 3 rings (SSSR count). The van der Waals surface area contributed by atoms with Crippen LogP contribution in [0.25, 0.3) is 10.9 Å². The minimum Gasteiger partial charge on any atom is -0.493 e. The molecule has 2 aromatic heterocycles. The number of pyridine rings is 1. The van der Waals surface area contributed by atoms with Gasteiger partial charge in [0.15, 0.2) is 0 Å². The topological polar surface area (TPSA) is 81.8 Å². The number of nitriles is 1. The number of aromatic hydroxyl groups is 1. The Balaban J connectivity index is 1.95. The lowest BCUT2D eigenvalue weighted by Gasteiger charge is -2.10. The molecule has 0 aliphatic rings. The maximum atomic E-state index is 12.0. The van der Waals surface area contributed by atoms with Crippen LogP contribution in [0.1, 0.15) is 16.7 Å². The standard InChI is InChI=1S/C17H15N3O2/c1-11-8-16(21)20(17(22)14(11)9-18)7-6-12-10-19-15-5-3-2-4-13(12)15/h2-5,8,10,19,22H,6-7H2,1H3. The molecule has 2 heterocycles. The number of nitrogens with zero attached hydrogens (tertiary/aromatic N) is 2. The molecule has 5 heteroatoms. The summed E-state index contributed by atoms with van der Waals surface area (Å²) in [5, 5.41) is 20.3. The van der Waals surface area contributed by atoms with Gasteiger partial charge in [0.25, 0.3) is 5.56 Å². The lowest BCUT2D eigenvalue weighted by molar-refractivity contribution is 0.404. The molecule has 0 fully saturated rings. The maximum absolute atomic E-state index is 12.0. The number of para-hydroxylation sites is 1. The smallest absolute Gasteiger partial charge is 0.253 e. The van der Waals surface area contributed by atoms with Crippen LogP contribution in [0.4, 0.5) is 0 Å². The van der Waals surface area contributed by atoms with E-state index in [1.807, 2.05) is 36.5 Å². The fraction of sp³-hybridized carbons (Fsp3) is 0.176. The summed E-state index contributed by atoms with van der Waals surface area (Å²) in [6, 6.07) is 11.2. The second-order valence-electron chi connectivity index (χ2n) is 5.24. The molecule has 0 saturated heterocycles. The molecule has 0 amide bonds. The number of nitrogens with one attached hydrogen (secondary N) is 1. The Morgan fingerprint density at radius 3 is 2.91 bits per heavy atom. The Bertz CT molecular complexity index is 945. The van der Waals surface area contributed by atoms with Crippen molar-refractivity contribution < 1.29 is 5.11 Å². The van der Waals surface area contributed by atoms with Crippen molar-refractivity contribution in [3.8, 4) is 11.9 Å². The largest absolute Gasteiger partial charge is 0.493 e. The van der Waals surface area contributed by atoms with Crippen molar-refractivity contribution in [3.05, 3.63) is 63.6 Å². The highest BCUT2D eigenvalue weighted by molar-refractivity contribution is 5.82. The number of fused-ring (bicyclic) bond motifs is 1. The normalized spacial score (nSPS) is 10.7. The van der Waals surface area contributed by atoms with Gasteiger partial charge in [0.05, 0.1) is 0 Å². The van der Waals surface area contributed by atoms with E-state index in [0.717, 1.165) is 16.5 Å². The zero-order valence-corrected chi connectivity index (χ0v) is 12.1. The van der Waals surface area contributed by atoms with Gasteiger partial charge in [-0.05, 0) is 30.5 Å². The summed E-state index contributed by atoms with van der Waals surface area (Å²) < 4.78 is 1.24. The second-order valence-corrected chi connectivity index (χ2v) is 5.24. The number of aromatic amines is 1.